The minimum atomic E-state index is -1.06. The van der Waals surface area contributed by atoms with Crippen LogP contribution in [0.25, 0.3) is 11.0 Å². The summed E-state index contributed by atoms with van der Waals surface area (Å²) in [7, 11) is 0. The van der Waals surface area contributed by atoms with E-state index in [4.69, 9.17) is 11.6 Å². The number of pyridine rings is 1. The molecule has 120 valence electrons. The van der Waals surface area contributed by atoms with Crippen LogP contribution in [0.2, 0.25) is 5.02 Å². The van der Waals surface area contributed by atoms with Crippen LogP contribution in [0.1, 0.15) is 32.5 Å². The molecule has 0 saturated carbocycles. The maximum absolute atomic E-state index is 12.4. The first-order valence-corrected chi connectivity index (χ1v) is 7.70. The van der Waals surface area contributed by atoms with Crippen LogP contribution in [-0.4, -0.2) is 38.3 Å². The number of carbonyl (C=O) groups is 2. The van der Waals surface area contributed by atoms with Gasteiger partial charge >= 0.3 is 0 Å². The fourth-order valence-corrected chi connectivity index (χ4v) is 3.07. The first kappa shape index (κ1) is 14.9. The lowest BCUT2D eigenvalue weighted by Gasteiger charge is -2.17. The summed E-state index contributed by atoms with van der Waals surface area (Å²) in [5.74, 6) is -0.802. The first-order valence-electron chi connectivity index (χ1n) is 7.32. The number of fused-ring (bicyclic) bond motifs is 2. The molecule has 2 N–H and O–H groups in total. The van der Waals surface area contributed by atoms with Gasteiger partial charge in [0.1, 0.15) is 11.8 Å². The predicted octanol–water partition coefficient (Wildman–Crippen LogP) is 2.55. The molecule has 6 nitrogen and oxygen atoms in total. The van der Waals surface area contributed by atoms with E-state index >= 15 is 0 Å². The molecule has 1 aliphatic heterocycles. The van der Waals surface area contributed by atoms with Crippen molar-refractivity contribution >= 4 is 34.4 Å². The first-order chi connectivity index (χ1) is 11.6. The van der Waals surface area contributed by atoms with Crippen molar-refractivity contribution in [3.63, 3.8) is 0 Å². The summed E-state index contributed by atoms with van der Waals surface area (Å²) in [6.45, 7) is -0.142. The lowest BCUT2D eigenvalue weighted by Crippen LogP contribution is -2.33. The Morgan fingerprint density at radius 2 is 1.83 bits per heavy atom. The lowest BCUT2D eigenvalue weighted by molar-refractivity contribution is 0.0539. The van der Waals surface area contributed by atoms with E-state index in [1.54, 1.807) is 42.6 Å². The van der Waals surface area contributed by atoms with Gasteiger partial charge in [-0.25, -0.2) is 4.98 Å². The topological polar surface area (TPSA) is 86.3 Å². The number of nitrogens with zero attached hydrogens (tertiary/aromatic N) is 2. The highest BCUT2D eigenvalue weighted by atomic mass is 35.5. The molecule has 1 atom stereocenters. The van der Waals surface area contributed by atoms with E-state index in [0.29, 0.717) is 32.9 Å². The Balaban J connectivity index is 1.62. The largest absolute Gasteiger partial charge is 0.385 e. The Morgan fingerprint density at radius 3 is 2.46 bits per heavy atom. The zero-order valence-electron chi connectivity index (χ0n) is 12.4. The number of carbonyl (C=O) groups excluding carboxylic acids is 2. The monoisotopic (exact) mass is 341 g/mol. The second-order valence-electron chi connectivity index (χ2n) is 5.56. The van der Waals surface area contributed by atoms with Gasteiger partial charge in [0.25, 0.3) is 11.8 Å². The average molecular weight is 342 g/mol. The third-order valence-corrected chi connectivity index (χ3v) is 4.42. The van der Waals surface area contributed by atoms with E-state index < -0.39 is 17.9 Å². The number of hydrogen-bond acceptors (Lipinski definition) is 4. The van der Waals surface area contributed by atoms with Crippen LogP contribution < -0.4 is 0 Å². The highest BCUT2D eigenvalue weighted by Crippen LogP contribution is 2.28. The Kier molecular flexibility index (Phi) is 3.37. The van der Waals surface area contributed by atoms with Gasteiger partial charge in [-0.1, -0.05) is 23.7 Å². The van der Waals surface area contributed by atoms with E-state index in [2.05, 4.69) is 9.97 Å². The van der Waals surface area contributed by atoms with Gasteiger partial charge in [-0.2, -0.15) is 0 Å². The Morgan fingerprint density at radius 1 is 1.17 bits per heavy atom. The Hall–Kier alpha value is -2.70. The molecule has 3 aromatic rings. The molecule has 0 bridgehead atoms. The third-order valence-electron chi connectivity index (χ3n) is 4.09. The van der Waals surface area contributed by atoms with Gasteiger partial charge in [-0.15, -0.1) is 0 Å². The van der Waals surface area contributed by atoms with Crippen molar-refractivity contribution in [3.05, 3.63) is 64.4 Å². The van der Waals surface area contributed by atoms with Crippen LogP contribution in [0.4, 0.5) is 0 Å². The second-order valence-corrected chi connectivity index (χ2v) is 5.97. The number of aromatic nitrogens is 2. The van der Waals surface area contributed by atoms with Crippen LogP contribution >= 0.6 is 11.6 Å². The van der Waals surface area contributed by atoms with Crippen LogP contribution in [0, 0.1) is 0 Å². The third kappa shape index (κ3) is 2.19. The number of halogens is 1. The Labute approximate surface area is 141 Å². The predicted molar refractivity (Wildman–Crippen MR) is 87.9 cm³/mol. The molecule has 0 aliphatic carbocycles. The van der Waals surface area contributed by atoms with Crippen molar-refractivity contribution in [2.24, 2.45) is 0 Å². The summed E-state index contributed by atoms with van der Waals surface area (Å²) in [6, 6.07) is 9.94. The molecule has 2 amide bonds. The second kappa shape index (κ2) is 5.43. The fraction of sp³-hybridized carbons (Fsp3) is 0.118. The molecule has 0 spiro atoms. The fourth-order valence-electron chi connectivity index (χ4n) is 2.87. The molecule has 2 aromatic heterocycles. The molecular formula is C17H12ClN3O3. The van der Waals surface area contributed by atoms with Crippen molar-refractivity contribution in [1.29, 1.82) is 0 Å². The van der Waals surface area contributed by atoms with Gasteiger partial charge in [0, 0.05) is 17.3 Å². The van der Waals surface area contributed by atoms with Gasteiger partial charge in [0.05, 0.1) is 22.7 Å². The van der Waals surface area contributed by atoms with E-state index in [9.17, 15) is 14.7 Å². The maximum atomic E-state index is 12.4. The van der Waals surface area contributed by atoms with Crippen molar-refractivity contribution in [3.8, 4) is 0 Å². The van der Waals surface area contributed by atoms with Crippen LogP contribution in [0.15, 0.2) is 42.6 Å². The smallest absolute Gasteiger partial charge is 0.261 e. The SMILES string of the molecule is O=C1c2ccccc2C(=O)N1C[C@@H](O)c1cc2c(Cl)ccnc2[nH]1. The molecule has 1 aromatic carbocycles. The zero-order chi connectivity index (χ0) is 16.8. The summed E-state index contributed by atoms with van der Waals surface area (Å²) in [5.41, 5.74) is 1.70. The molecular weight excluding hydrogens is 330 g/mol. The molecule has 7 heteroatoms. The molecule has 1 aliphatic rings. The van der Waals surface area contributed by atoms with Crippen molar-refractivity contribution < 1.29 is 14.7 Å². The molecule has 24 heavy (non-hydrogen) atoms. The molecule has 3 heterocycles. The number of imide groups is 1. The van der Waals surface area contributed by atoms with Crippen LogP contribution in [-0.2, 0) is 0 Å². The summed E-state index contributed by atoms with van der Waals surface area (Å²) >= 11 is 6.09. The van der Waals surface area contributed by atoms with Crippen molar-refractivity contribution in [1.82, 2.24) is 14.9 Å². The van der Waals surface area contributed by atoms with Gasteiger partial charge in [-0.05, 0) is 24.3 Å². The summed E-state index contributed by atoms with van der Waals surface area (Å²) in [4.78, 5) is 32.9. The highest BCUT2D eigenvalue weighted by molar-refractivity contribution is 6.35. The van der Waals surface area contributed by atoms with Gasteiger partial charge in [-0.3, -0.25) is 14.5 Å². The maximum Gasteiger partial charge on any atom is 0.261 e. The van der Waals surface area contributed by atoms with E-state index in [0.717, 1.165) is 4.90 Å². The average Bonchev–Trinajstić information content (AvgIpc) is 3.12. The standard InChI is InChI=1S/C17H12ClN3O3/c18-12-5-6-19-15-11(12)7-13(20-15)14(22)8-21-16(23)9-3-1-2-4-10(9)17(21)24/h1-7,14,22H,8H2,(H,19,20)/t14-/m1/s1. The Bertz CT molecular complexity index is 947. The van der Waals surface area contributed by atoms with E-state index in [1.165, 1.54) is 0 Å². The number of aromatic amines is 1. The quantitative estimate of drug-likeness (QED) is 0.717. The summed E-state index contributed by atoms with van der Waals surface area (Å²) < 4.78 is 0. The number of hydrogen-bond donors (Lipinski definition) is 2. The van der Waals surface area contributed by atoms with Crippen LogP contribution in [0.5, 0.6) is 0 Å². The van der Waals surface area contributed by atoms with Crippen LogP contribution in [0.3, 0.4) is 0 Å². The number of aliphatic hydroxyl groups excluding tert-OH is 1. The number of rotatable bonds is 3. The number of H-pyrrole nitrogens is 1. The molecule has 0 unspecified atom stereocenters. The molecule has 0 saturated heterocycles. The minimum absolute atomic E-state index is 0.142. The highest BCUT2D eigenvalue weighted by Gasteiger charge is 2.36. The zero-order valence-corrected chi connectivity index (χ0v) is 13.1. The van der Waals surface area contributed by atoms with E-state index in [-0.39, 0.29) is 6.54 Å². The number of nitrogens with one attached hydrogen (secondary N) is 1. The number of β-amino-alcohol motifs (C(OH)–C–C–N with tert-alkyl or cyclic N) is 1. The van der Waals surface area contributed by atoms with E-state index in [1.807, 2.05) is 0 Å². The summed E-state index contributed by atoms with van der Waals surface area (Å²) in [5, 5.41) is 11.6. The number of aliphatic hydroxyl groups is 1. The van der Waals surface area contributed by atoms with Crippen molar-refractivity contribution in [2.75, 3.05) is 6.54 Å². The minimum Gasteiger partial charge on any atom is -0.385 e. The normalized spacial score (nSPS) is 15.2. The number of benzene rings is 1. The molecule has 4 rings (SSSR count). The molecule has 0 radical (unpaired) electrons. The summed E-state index contributed by atoms with van der Waals surface area (Å²) in [6.07, 6.45) is 0.499. The lowest BCUT2D eigenvalue weighted by atomic mass is 10.1. The van der Waals surface area contributed by atoms with Gasteiger partial charge in [0.2, 0.25) is 0 Å². The van der Waals surface area contributed by atoms with Gasteiger partial charge in [0.15, 0.2) is 0 Å². The molecule has 0 fully saturated rings. The number of amides is 2. The van der Waals surface area contributed by atoms with Gasteiger partial charge < -0.3 is 10.1 Å². The van der Waals surface area contributed by atoms with Crippen molar-refractivity contribution in [2.45, 2.75) is 6.10 Å².